The summed E-state index contributed by atoms with van der Waals surface area (Å²) < 4.78 is 5.51. The van der Waals surface area contributed by atoms with Crippen molar-refractivity contribution in [2.45, 2.75) is 71.9 Å². The largest absolute Gasteiger partial charge is 0.381 e. The Balaban J connectivity index is 2.78. The Morgan fingerprint density at radius 3 is 2.20 bits per heavy atom. The maximum atomic E-state index is 5.51. The van der Waals surface area contributed by atoms with Crippen molar-refractivity contribution < 1.29 is 4.74 Å². The van der Waals surface area contributed by atoms with E-state index in [0.29, 0.717) is 6.04 Å². The van der Waals surface area contributed by atoms with Crippen LogP contribution in [-0.2, 0) is 4.74 Å². The highest BCUT2D eigenvalue weighted by Gasteiger charge is 2.37. The van der Waals surface area contributed by atoms with Gasteiger partial charge < -0.3 is 10.1 Å². The number of hydrogen-bond donors (Lipinski definition) is 1. The normalized spacial score (nSPS) is 21.9. The van der Waals surface area contributed by atoms with E-state index in [1.165, 1.54) is 25.7 Å². The minimum Gasteiger partial charge on any atom is -0.381 e. The van der Waals surface area contributed by atoms with E-state index >= 15 is 0 Å². The Labute approximate surface area is 126 Å². The van der Waals surface area contributed by atoms with Crippen LogP contribution in [0.15, 0.2) is 0 Å². The van der Waals surface area contributed by atoms with Crippen LogP contribution in [0.5, 0.6) is 0 Å². The first-order chi connectivity index (χ1) is 9.62. The fourth-order valence-corrected chi connectivity index (χ4v) is 3.76. The van der Waals surface area contributed by atoms with E-state index < -0.39 is 0 Å². The van der Waals surface area contributed by atoms with Crippen LogP contribution in [0.25, 0.3) is 0 Å². The Bertz CT molecular complexity index is 249. The Hall–Kier alpha value is -0.120. The van der Waals surface area contributed by atoms with Crippen molar-refractivity contribution in [1.29, 1.82) is 0 Å². The highest BCUT2D eigenvalue weighted by molar-refractivity contribution is 4.96. The molecule has 0 spiro atoms. The van der Waals surface area contributed by atoms with E-state index in [9.17, 15) is 0 Å². The number of rotatable bonds is 9. The van der Waals surface area contributed by atoms with E-state index in [2.05, 4.69) is 44.8 Å². The number of nitrogens with zero attached hydrogens (tertiary/aromatic N) is 1. The fourth-order valence-electron chi connectivity index (χ4n) is 3.76. The fraction of sp³-hybridized carbons (Fsp3) is 1.00. The molecule has 1 N–H and O–H groups in total. The minimum absolute atomic E-state index is 0.262. The molecule has 3 nitrogen and oxygen atoms in total. The van der Waals surface area contributed by atoms with Crippen LogP contribution < -0.4 is 5.32 Å². The molecule has 120 valence electrons. The molecule has 1 aliphatic heterocycles. The zero-order chi connectivity index (χ0) is 15.0. The maximum absolute atomic E-state index is 5.51. The van der Waals surface area contributed by atoms with Gasteiger partial charge in [0.1, 0.15) is 0 Å². The molecule has 0 amide bonds. The summed E-state index contributed by atoms with van der Waals surface area (Å²) in [4.78, 5) is 2.64. The average molecular weight is 284 g/mol. The highest BCUT2D eigenvalue weighted by Crippen LogP contribution is 2.30. The van der Waals surface area contributed by atoms with Crippen molar-refractivity contribution in [3.63, 3.8) is 0 Å². The van der Waals surface area contributed by atoms with Crippen molar-refractivity contribution in [2.24, 2.45) is 5.92 Å². The van der Waals surface area contributed by atoms with Crippen LogP contribution in [-0.4, -0.2) is 49.3 Å². The molecule has 20 heavy (non-hydrogen) atoms. The second kappa shape index (κ2) is 9.01. The lowest BCUT2D eigenvalue weighted by Gasteiger charge is -2.47. The quantitative estimate of drug-likeness (QED) is 0.703. The van der Waals surface area contributed by atoms with Crippen LogP contribution in [0.3, 0.4) is 0 Å². The molecule has 0 bridgehead atoms. The number of ether oxygens (including phenoxy) is 1. The molecule has 0 aromatic heterocycles. The third-order valence-electron chi connectivity index (χ3n) is 5.31. The van der Waals surface area contributed by atoms with Crippen molar-refractivity contribution >= 4 is 0 Å². The van der Waals surface area contributed by atoms with Crippen LogP contribution in [0.2, 0.25) is 0 Å². The number of hydrogen-bond acceptors (Lipinski definition) is 3. The molecule has 0 aromatic rings. The van der Waals surface area contributed by atoms with E-state index in [4.69, 9.17) is 4.74 Å². The number of nitrogens with one attached hydrogen (secondary N) is 1. The SMILES string of the molecule is CCNC(CC1CCOCC1)C(C)(CC)N(CC)CC. The summed E-state index contributed by atoms with van der Waals surface area (Å²) in [6.07, 6.45) is 4.97. The van der Waals surface area contributed by atoms with Gasteiger partial charge in [-0.2, -0.15) is 0 Å². The first-order valence-electron chi connectivity index (χ1n) is 8.68. The van der Waals surface area contributed by atoms with Crippen molar-refractivity contribution in [3.05, 3.63) is 0 Å². The molecule has 2 atom stereocenters. The monoisotopic (exact) mass is 284 g/mol. The molecule has 2 unspecified atom stereocenters. The Morgan fingerprint density at radius 2 is 1.75 bits per heavy atom. The van der Waals surface area contributed by atoms with Gasteiger partial charge in [-0.25, -0.2) is 0 Å². The Kier molecular flexibility index (Phi) is 8.08. The van der Waals surface area contributed by atoms with Gasteiger partial charge in [0.2, 0.25) is 0 Å². The van der Waals surface area contributed by atoms with Gasteiger partial charge in [-0.05, 0) is 58.2 Å². The van der Waals surface area contributed by atoms with Gasteiger partial charge in [-0.15, -0.1) is 0 Å². The minimum atomic E-state index is 0.262. The lowest BCUT2D eigenvalue weighted by Crippen LogP contribution is -2.59. The summed E-state index contributed by atoms with van der Waals surface area (Å²) in [5.74, 6) is 0.828. The smallest absolute Gasteiger partial charge is 0.0468 e. The van der Waals surface area contributed by atoms with Crippen molar-refractivity contribution in [3.8, 4) is 0 Å². The molecule has 0 saturated carbocycles. The third kappa shape index (κ3) is 4.44. The van der Waals surface area contributed by atoms with E-state index in [0.717, 1.165) is 38.8 Å². The number of likely N-dealkylation sites (N-methyl/N-ethyl adjacent to an activating group) is 2. The van der Waals surface area contributed by atoms with Crippen LogP contribution in [0.1, 0.15) is 60.3 Å². The van der Waals surface area contributed by atoms with Crippen LogP contribution in [0.4, 0.5) is 0 Å². The molecule has 1 rings (SSSR count). The third-order valence-corrected chi connectivity index (χ3v) is 5.31. The second-order valence-electron chi connectivity index (χ2n) is 6.28. The zero-order valence-corrected chi connectivity index (χ0v) is 14.4. The molecule has 0 aromatic carbocycles. The molecule has 3 heteroatoms. The van der Waals surface area contributed by atoms with Gasteiger partial charge in [0.25, 0.3) is 0 Å². The molecule has 1 fully saturated rings. The summed E-state index contributed by atoms with van der Waals surface area (Å²) in [6.45, 7) is 16.8. The summed E-state index contributed by atoms with van der Waals surface area (Å²) in [5, 5.41) is 3.79. The van der Waals surface area contributed by atoms with Crippen molar-refractivity contribution in [2.75, 3.05) is 32.8 Å². The lowest BCUT2D eigenvalue weighted by molar-refractivity contribution is 0.0310. The molecule has 0 aliphatic carbocycles. The summed E-state index contributed by atoms with van der Waals surface area (Å²) in [7, 11) is 0. The zero-order valence-electron chi connectivity index (χ0n) is 14.4. The standard InChI is InChI=1S/C17H36N2O/c1-6-17(5,19(8-3)9-4)16(18-7-2)14-15-10-12-20-13-11-15/h15-16,18H,6-14H2,1-5H3. The van der Waals surface area contributed by atoms with Gasteiger partial charge in [0.05, 0.1) is 0 Å². The molecular weight excluding hydrogens is 248 g/mol. The first-order valence-corrected chi connectivity index (χ1v) is 8.68. The molecular formula is C17H36N2O. The molecule has 0 radical (unpaired) electrons. The molecule has 1 heterocycles. The predicted molar refractivity (Wildman–Crippen MR) is 87.2 cm³/mol. The van der Waals surface area contributed by atoms with Gasteiger partial charge in [0, 0.05) is 24.8 Å². The maximum Gasteiger partial charge on any atom is 0.0468 e. The van der Waals surface area contributed by atoms with Crippen LogP contribution >= 0.6 is 0 Å². The van der Waals surface area contributed by atoms with Crippen molar-refractivity contribution in [1.82, 2.24) is 10.2 Å². The van der Waals surface area contributed by atoms with Gasteiger partial charge >= 0.3 is 0 Å². The lowest BCUT2D eigenvalue weighted by atomic mass is 9.80. The summed E-state index contributed by atoms with van der Waals surface area (Å²) in [6, 6.07) is 0.584. The summed E-state index contributed by atoms with van der Waals surface area (Å²) >= 11 is 0. The average Bonchev–Trinajstić information content (AvgIpc) is 2.48. The molecule has 1 saturated heterocycles. The van der Waals surface area contributed by atoms with Gasteiger partial charge in [-0.3, -0.25) is 4.90 Å². The Morgan fingerprint density at radius 1 is 1.15 bits per heavy atom. The highest BCUT2D eigenvalue weighted by atomic mass is 16.5. The first kappa shape index (κ1) is 17.9. The molecule has 1 aliphatic rings. The van der Waals surface area contributed by atoms with Crippen LogP contribution in [0, 0.1) is 5.92 Å². The predicted octanol–water partition coefficient (Wildman–Crippen LogP) is 3.29. The summed E-state index contributed by atoms with van der Waals surface area (Å²) in [5.41, 5.74) is 0.262. The van der Waals surface area contributed by atoms with Gasteiger partial charge in [0.15, 0.2) is 0 Å². The van der Waals surface area contributed by atoms with Gasteiger partial charge in [-0.1, -0.05) is 27.7 Å². The topological polar surface area (TPSA) is 24.5 Å². The van der Waals surface area contributed by atoms with E-state index in [-0.39, 0.29) is 5.54 Å². The second-order valence-corrected chi connectivity index (χ2v) is 6.28. The van der Waals surface area contributed by atoms with E-state index in [1.54, 1.807) is 0 Å². The van der Waals surface area contributed by atoms with E-state index in [1.807, 2.05) is 0 Å².